The lowest BCUT2D eigenvalue weighted by atomic mass is 9.92. The molecule has 2 aliphatic heterocycles. The monoisotopic (exact) mass is 318 g/mol. The van der Waals surface area contributed by atoms with Crippen molar-refractivity contribution in [3.8, 4) is 0 Å². The molecular weight excluding hydrogens is 296 g/mol. The minimum Gasteiger partial charge on any atom is -0.374 e. The van der Waals surface area contributed by atoms with Gasteiger partial charge in [-0.15, -0.1) is 0 Å². The van der Waals surface area contributed by atoms with E-state index in [1.165, 1.54) is 0 Å². The third kappa shape index (κ3) is 4.25. The summed E-state index contributed by atoms with van der Waals surface area (Å²) in [6.45, 7) is 0.831. The lowest BCUT2D eigenvalue weighted by Gasteiger charge is -2.44. The molecule has 1 aromatic carbocycles. The first-order chi connectivity index (χ1) is 11.2. The van der Waals surface area contributed by atoms with Gasteiger partial charge in [0.15, 0.2) is 5.79 Å². The summed E-state index contributed by atoms with van der Waals surface area (Å²) in [6.07, 6.45) is 2.75. The zero-order chi connectivity index (χ0) is 16.1. The molecule has 0 radical (unpaired) electrons. The van der Waals surface area contributed by atoms with Crippen LogP contribution in [0.15, 0.2) is 30.3 Å². The smallest absolute Gasteiger partial charge is 0.176 e. The summed E-state index contributed by atoms with van der Waals surface area (Å²) < 4.78 is 17.5. The van der Waals surface area contributed by atoms with Gasteiger partial charge in [0.2, 0.25) is 0 Å². The molecule has 0 unspecified atom stereocenters. The molecule has 0 N–H and O–H groups in total. The first-order valence-electron chi connectivity index (χ1n) is 8.13. The summed E-state index contributed by atoms with van der Waals surface area (Å²) >= 11 is 0. The second-order valence-corrected chi connectivity index (χ2v) is 6.26. The Bertz CT molecular complexity index is 544. The molecule has 2 aliphatic rings. The van der Waals surface area contributed by atoms with Gasteiger partial charge in [0.25, 0.3) is 0 Å². The van der Waals surface area contributed by atoms with Crippen molar-refractivity contribution in [2.75, 3.05) is 6.61 Å². The first-order valence-corrected chi connectivity index (χ1v) is 8.13. The van der Waals surface area contributed by atoms with E-state index < -0.39 is 11.9 Å². The number of hydrogen-bond donors (Lipinski definition) is 0. The zero-order valence-corrected chi connectivity index (χ0v) is 13.1. The maximum atomic E-state index is 12.1. The fourth-order valence-corrected chi connectivity index (χ4v) is 3.27. The van der Waals surface area contributed by atoms with Crippen LogP contribution < -0.4 is 0 Å². The first kappa shape index (κ1) is 16.3. The van der Waals surface area contributed by atoms with Gasteiger partial charge in [-0.1, -0.05) is 30.3 Å². The van der Waals surface area contributed by atoms with Crippen LogP contribution in [0.25, 0.3) is 0 Å². The third-order valence-electron chi connectivity index (χ3n) is 4.28. The van der Waals surface area contributed by atoms with E-state index in [2.05, 4.69) is 0 Å². The molecule has 2 saturated heterocycles. The molecule has 3 atom stereocenters. The number of ketones is 1. The Morgan fingerprint density at radius 2 is 2.09 bits per heavy atom. The molecule has 124 valence electrons. The van der Waals surface area contributed by atoms with Gasteiger partial charge in [-0.2, -0.15) is 0 Å². The molecule has 0 aromatic heterocycles. The minimum atomic E-state index is -0.931. The SMILES string of the molecule is O=C[C@H]1CCC[C@]2(CC(=O)C[C@@H](COCc3ccccc3)O2)O1. The molecule has 2 heterocycles. The lowest BCUT2D eigenvalue weighted by molar-refractivity contribution is -0.303. The van der Waals surface area contributed by atoms with Gasteiger partial charge in [-0.25, -0.2) is 0 Å². The Balaban J connectivity index is 1.55. The number of benzene rings is 1. The third-order valence-corrected chi connectivity index (χ3v) is 4.28. The predicted octanol–water partition coefficient (Wildman–Crippen LogP) is 2.42. The van der Waals surface area contributed by atoms with E-state index >= 15 is 0 Å². The quantitative estimate of drug-likeness (QED) is 0.780. The van der Waals surface area contributed by atoms with E-state index in [-0.39, 0.29) is 18.3 Å². The fourth-order valence-electron chi connectivity index (χ4n) is 3.27. The summed E-state index contributed by atoms with van der Waals surface area (Å²) in [5, 5.41) is 0. The van der Waals surface area contributed by atoms with Crippen LogP contribution in [0.3, 0.4) is 0 Å². The van der Waals surface area contributed by atoms with E-state index in [4.69, 9.17) is 14.2 Å². The number of carbonyl (C=O) groups is 2. The van der Waals surface area contributed by atoms with E-state index in [0.29, 0.717) is 32.5 Å². The van der Waals surface area contributed by atoms with Gasteiger partial charge < -0.3 is 19.0 Å². The molecule has 0 aliphatic carbocycles. The standard InChI is InChI=1S/C18H22O5/c19-11-16-7-4-8-18(22-16)10-15(20)9-17(23-18)13-21-12-14-5-2-1-3-6-14/h1-3,5-6,11,16-17H,4,7-10,12-13H2/t16-,17+,18+/m1/s1. The fraction of sp³-hybridized carbons (Fsp3) is 0.556. The largest absolute Gasteiger partial charge is 0.374 e. The normalized spacial score (nSPS) is 31.2. The van der Waals surface area contributed by atoms with Gasteiger partial charge >= 0.3 is 0 Å². The predicted molar refractivity (Wildman–Crippen MR) is 82.7 cm³/mol. The number of aldehydes is 1. The van der Waals surface area contributed by atoms with Crippen LogP contribution in [0, 0.1) is 0 Å². The Labute approximate surface area is 135 Å². The van der Waals surface area contributed by atoms with Crippen molar-refractivity contribution < 1.29 is 23.8 Å². The van der Waals surface area contributed by atoms with E-state index in [1.807, 2.05) is 30.3 Å². The molecule has 5 heteroatoms. The zero-order valence-electron chi connectivity index (χ0n) is 13.1. The van der Waals surface area contributed by atoms with Gasteiger partial charge in [0.05, 0.1) is 25.7 Å². The van der Waals surface area contributed by atoms with E-state index in [1.54, 1.807) is 0 Å². The number of rotatable bonds is 5. The van der Waals surface area contributed by atoms with Crippen molar-refractivity contribution in [1.82, 2.24) is 0 Å². The maximum absolute atomic E-state index is 12.1. The van der Waals surface area contributed by atoms with E-state index in [9.17, 15) is 9.59 Å². The summed E-state index contributed by atoms with van der Waals surface area (Å²) in [6, 6.07) is 9.87. The highest BCUT2D eigenvalue weighted by atomic mass is 16.7. The van der Waals surface area contributed by atoms with Gasteiger partial charge in [0.1, 0.15) is 18.2 Å². The van der Waals surface area contributed by atoms with Crippen LogP contribution in [0.4, 0.5) is 0 Å². The van der Waals surface area contributed by atoms with Crippen molar-refractivity contribution >= 4 is 12.1 Å². The molecule has 5 nitrogen and oxygen atoms in total. The number of Topliss-reactive ketones (excluding diaryl/α,β-unsaturated/α-hetero) is 1. The Morgan fingerprint density at radius 3 is 2.87 bits per heavy atom. The van der Waals surface area contributed by atoms with Crippen molar-refractivity contribution in [2.24, 2.45) is 0 Å². The van der Waals surface area contributed by atoms with E-state index in [0.717, 1.165) is 18.3 Å². The van der Waals surface area contributed by atoms with Crippen LogP contribution in [-0.2, 0) is 30.4 Å². The van der Waals surface area contributed by atoms with Crippen molar-refractivity contribution in [2.45, 2.75) is 56.7 Å². The molecule has 2 fully saturated rings. The second-order valence-electron chi connectivity index (χ2n) is 6.26. The van der Waals surface area contributed by atoms with Gasteiger partial charge in [-0.3, -0.25) is 4.79 Å². The van der Waals surface area contributed by atoms with Crippen LogP contribution >= 0.6 is 0 Å². The minimum absolute atomic E-state index is 0.108. The summed E-state index contributed by atoms with van der Waals surface area (Å²) in [4.78, 5) is 23.1. The molecule has 23 heavy (non-hydrogen) atoms. The highest BCUT2D eigenvalue weighted by molar-refractivity contribution is 5.80. The van der Waals surface area contributed by atoms with Crippen LogP contribution in [-0.4, -0.2) is 36.7 Å². The highest BCUT2D eigenvalue weighted by Gasteiger charge is 2.45. The lowest BCUT2D eigenvalue weighted by Crippen LogP contribution is -2.51. The van der Waals surface area contributed by atoms with Crippen LogP contribution in [0.1, 0.15) is 37.7 Å². The molecule has 0 bridgehead atoms. The maximum Gasteiger partial charge on any atom is 0.176 e. The number of hydrogen-bond acceptors (Lipinski definition) is 5. The Morgan fingerprint density at radius 1 is 1.26 bits per heavy atom. The van der Waals surface area contributed by atoms with Crippen molar-refractivity contribution in [3.05, 3.63) is 35.9 Å². The second kappa shape index (κ2) is 7.34. The highest BCUT2D eigenvalue weighted by Crippen LogP contribution is 2.37. The molecule has 1 aromatic rings. The molecule has 0 amide bonds. The van der Waals surface area contributed by atoms with Gasteiger partial charge in [-0.05, 0) is 18.4 Å². The average Bonchev–Trinajstić information content (AvgIpc) is 2.55. The Kier molecular flexibility index (Phi) is 5.20. The molecular formula is C18H22O5. The van der Waals surface area contributed by atoms with Crippen molar-refractivity contribution in [1.29, 1.82) is 0 Å². The van der Waals surface area contributed by atoms with Gasteiger partial charge in [0, 0.05) is 12.8 Å². The topological polar surface area (TPSA) is 61.8 Å². The molecule has 0 saturated carbocycles. The Hall–Kier alpha value is -1.56. The molecule has 1 spiro atoms. The molecule has 3 rings (SSSR count). The van der Waals surface area contributed by atoms with Crippen LogP contribution in [0.2, 0.25) is 0 Å². The average molecular weight is 318 g/mol. The number of ether oxygens (including phenoxy) is 3. The summed E-state index contributed by atoms with van der Waals surface area (Å²) in [7, 11) is 0. The van der Waals surface area contributed by atoms with Crippen molar-refractivity contribution in [3.63, 3.8) is 0 Å². The number of carbonyl (C=O) groups excluding carboxylic acids is 2. The van der Waals surface area contributed by atoms with Crippen LogP contribution in [0.5, 0.6) is 0 Å². The summed E-state index contributed by atoms with van der Waals surface area (Å²) in [5.74, 6) is -0.823. The summed E-state index contributed by atoms with van der Waals surface area (Å²) in [5.41, 5.74) is 1.08.